The number of rotatable bonds is 3. The van der Waals surface area contributed by atoms with Gasteiger partial charge in [0.2, 0.25) is 17.6 Å². The molecule has 16 heavy (non-hydrogen) atoms. The maximum atomic E-state index is 10.9. The Morgan fingerprint density at radius 2 is 2.06 bits per heavy atom. The van der Waals surface area contributed by atoms with Gasteiger partial charge in [-0.05, 0) is 12.1 Å². The zero-order valence-corrected chi connectivity index (χ0v) is 8.94. The molecule has 0 fully saturated rings. The van der Waals surface area contributed by atoms with Gasteiger partial charge in [0.05, 0.1) is 0 Å². The van der Waals surface area contributed by atoms with Gasteiger partial charge in [-0.15, -0.1) is 11.6 Å². The molecule has 0 aliphatic rings. The van der Waals surface area contributed by atoms with E-state index in [1.54, 1.807) is 24.3 Å². The predicted molar refractivity (Wildman–Crippen MR) is 57.8 cm³/mol. The first-order valence-electron chi connectivity index (χ1n) is 4.49. The molecule has 1 amide bonds. The number of benzene rings is 1. The summed E-state index contributed by atoms with van der Waals surface area (Å²) in [6, 6.07) is 6.61. The van der Waals surface area contributed by atoms with Crippen LogP contribution in [-0.2, 0) is 5.88 Å². The second-order valence-electron chi connectivity index (χ2n) is 3.09. The molecule has 1 heterocycles. The van der Waals surface area contributed by atoms with Crippen molar-refractivity contribution in [1.82, 2.24) is 10.1 Å². The fourth-order valence-corrected chi connectivity index (χ4v) is 1.32. The van der Waals surface area contributed by atoms with E-state index in [0.29, 0.717) is 17.3 Å². The van der Waals surface area contributed by atoms with Crippen molar-refractivity contribution in [2.24, 2.45) is 5.73 Å². The van der Waals surface area contributed by atoms with Gasteiger partial charge in [-0.3, -0.25) is 4.79 Å². The van der Waals surface area contributed by atoms with Gasteiger partial charge in [0.1, 0.15) is 5.88 Å². The molecule has 0 bridgehead atoms. The third kappa shape index (κ3) is 2.04. The first kappa shape index (κ1) is 10.6. The van der Waals surface area contributed by atoms with Crippen LogP contribution in [0.15, 0.2) is 28.8 Å². The monoisotopic (exact) mass is 237 g/mol. The fraction of sp³-hybridized carbons (Fsp3) is 0.100. The first-order valence-corrected chi connectivity index (χ1v) is 5.03. The molecular weight excluding hydrogens is 230 g/mol. The number of hydrogen-bond donors (Lipinski definition) is 1. The van der Waals surface area contributed by atoms with Crippen LogP contribution >= 0.6 is 11.6 Å². The summed E-state index contributed by atoms with van der Waals surface area (Å²) >= 11 is 5.54. The molecule has 5 nitrogen and oxygen atoms in total. The molecule has 6 heteroatoms. The Morgan fingerprint density at radius 3 is 2.56 bits per heavy atom. The number of nitrogens with two attached hydrogens (primary N) is 1. The largest absolute Gasteiger partial charge is 0.366 e. The minimum absolute atomic E-state index is 0.173. The summed E-state index contributed by atoms with van der Waals surface area (Å²) in [6.07, 6.45) is 0. The lowest BCUT2D eigenvalue weighted by molar-refractivity contribution is 0.100. The third-order valence-electron chi connectivity index (χ3n) is 2.01. The van der Waals surface area contributed by atoms with Crippen molar-refractivity contribution in [3.05, 3.63) is 35.7 Å². The highest BCUT2D eigenvalue weighted by Gasteiger charge is 2.08. The highest BCUT2D eigenvalue weighted by atomic mass is 35.5. The minimum atomic E-state index is -0.471. The summed E-state index contributed by atoms with van der Waals surface area (Å²) in [5.41, 5.74) is 6.30. The maximum Gasteiger partial charge on any atom is 0.248 e. The molecule has 82 valence electrons. The zero-order valence-electron chi connectivity index (χ0n) is 8.18. The second kappa shape index (κ2) is 4.32. The lowest BCUT2D eigenvalue weighted by Crippen LogP contribution is -2.10. The average molecular weight is 238 g/mol. The lowest BCUT2D eigenvalue weighted by atomic mass is 10.1. The number of carbonyl (C=O) groups is 1. The van der Waals surface area contributed by atoms with Gasteiger partial charge in [-0.25, -0.2) is 0 Å². The quantitative estimate of drug-likeness (QED) is 0.822. The number of amides is 1. The Labute approximate surface area is 96.2 Å². The van der Waals surface area contributed by atoms with E-state index in [4.69, 9.17) is 21.9 Å². The van der Waals surface area contributed by atoms with Crippen LogP contribution in [0.5, 0.6) is 0 Å². The Balaban J connectivity index is 2.30. The van der Waals surface area contributed by atoms with Crippen LogP contribution in [0.25, 0.3) is 11.4 Å². The fourth-order valence-electron chi connectivity index (χ4n) is 1.21. The number of primary amides is 1. The van der Waals surface area contributed by atoms with Crippen LogP contribution in [0.4, 0.5) is 0 Å². The van der Waals surface area contributed by atoms with E-state index in [2.05, 4.69) is 10.1 Å². The van der Waals surface area contributed by atoms with Gasteiger partial charge >= 0.3 is 0 Å². The second-order valence-corrected chi connectivity index (χ2v) is 3.35. The molecule has 0 saturated carbocycles. The van der Waals surface area contributed by atoms with Crippen LogP contribution in [0.2, 0.25) is 0 Å². The van der Waals surface area contributed by atoms with E-state index in [1.807, 2.05) is 0 Å². The molecule has 2 rings (SSSR count). The number of nitrogens with zero attached hydrogens (tertiary/aromatic N) is 2. The van der Waals surface area contributed by atoms with Crippen molar-refractivity contribution in [2.45, 2.75) is 5.88 Å². The SMILES string of the molecule is NC(=O)c1ccc(-c2noc(CCl)n2)cc1. The van der Waals surface area contributed by atoms with Crippen molar-refractivity contribution in [1.29, 1.82) is 0 Å². The Kier molecular flexibility index (Phi) is 2.87. The smallest absolute Gasteiger partial charge is 0.248 e. The van der Waals surface area contributed by atoms with Crippen LogP contribution < -0.4 is 5.73 Å². The topological polar surface area (TPSA) is 82.0 Å². The zero-order chi connectivity index (χ0) is 11.5. The highest BCUT2D eigenvalue weighted by molar-refractivity contribution is 6.16. The van der Waals surface area contributed by atoms with Crippen molar-refractivity contribution in [3.8, 4) is 11.4 Å². The number of alkyl halides is 1. The van der Waals surface area contributed by atoms with Gasteiger partial charge in [0, 0.05) is 11.1 Å². The summed E-state index contributed by atoms with van der Waals surface area (Å²) in [5.74, 6) is 0.496. The number of halogens is 1. The Hall–Kier alpha value is -1.88. The summed E-state index contributed by atoms with van der Waals surface area (Å²) in [5, 5.41) is 3.75. The van der Waals surface area contributed by atoms with E-state index in [1.165, 1.54) is 0 Å². The van der Waals surface area contributed by atoms with Gasteiger partial charge in [0.15, 0.2) is 0 Å². The van der Waals surface area contributed by atoms with E-state index < -0.39 is 5.91 Å². The standard InChI is InChI=1S/C10H8ClN3O2/c11-5-8-13-10(14-16-8)7-3-1-6(2-4-7)9(12)15/h1-4H,5H2,(H2,12,15). The molecule has 2 aromatic rings. The van der Waals surface area contributed by atoms with E-state index in [-0.39, 0.29) is 5.88 Å². The number of aromatic nitrogens is 2. The molecule has 2 N–H and O–H groups in total. The summed E-state index contributed by atoms with van der Waals surface area (Å²) in [4.78, 5) is 14.9. The minimum Gasteiger partial charge on any atom is -0.366 e. The molecule has 0 atom stereocenters. The lowest BCUT2D eigenvalue weighted by Gasteiger charge is -1.96. The molecule has 0 aliphatic carbocycles. The van der Waals surface area contributed by atoms with Crippen molar-refractivity contribution in [3.63, 3.8) is 0 Å². The van der Waals surface area contributed by atoms with Crippen LogP contribution in [0, 0.1) is 0 Å². The van der Waals surface area contributed by atoms with Crippen molar-refractivity contribution >= 4 is 17.5 Å². The van der Waals surface area contributed by atoms with Gasteiger partial charge in [-0.1, -0.05) is 17.3 Å². The number of carbonyl (C=O) groups excluding carboxylic acids is 1. The number of hydrogen-bond acceptors (Lipinski definition) is 4. The maximum absolute atomic E-state index is 10.9. The van der Waals surface area contributed by atoms with Crippen LogP contribution in [-0.4, -0.2) is 16.0 Å². The Morgan fingerprint density at radius 1 is 1.38 bits per heavy atom. The molecule has 0 spiro atoms. The highest BCUT2D eigenvalue weighted by Crippen LogP contribution is 2.16. The average Bonchev–Trinajstić information content (AvgIpc) is 2.77. The van der Waals surface area contributed by atoms with Crippen LogP contribution in [0.1, 0.15) is 16.2 Å². The van der Waals surface area contributed by atoms with Crippen molar-refractivity contribution in [2.75, 3.05) is 0 Å². The van der Waals surface area contributed by atoms with E-state index in [0.717, 1.165) is 5.56 Å². The van der Waals surface area contributed by atoms with Gasteiger partial charge in [0.25, 0.3) is 0 Å². The molecule has 0 saturated heterocycles. The summed E-state index contributed by atoms with van der Waals surface area (Å²) in [6.45, 7) is 0. The normalized spacial score (nSPS) is 10.3. The third-order valence-corrected chi connectivity index (χ3v) is 2.24. The summed E-state index contributed by atoms with van der Waals surface area (Å²) in [7, 11) is 0. The Bertz CT molecular complexity index is 507. The van der Waals surface area contributed by atoms with Gasteiger partial charge < -0.3 is 10.3 Å². The molecule has 0 radical (unpaired) electrons. The molecule has 0 aliphatic heterocycles. The molecule has 1 aromatic carbocycles. The van der Waals surface area contributed by atoms with Crippen LogP contribution in [0.3, 0.4) is 0 Å². The molecular formula is C10H8ClN3O2. The molecule has 0 unspecified atom stereocenters. The first-order chi connectivity index (χ1) is 7.70. The van der Waals surface area contributed by atoms with Gasteiger partial charge in [-0.2, -0.15) is 4.98 Å². The summed E-state index contributed by atoms with van der Waals surface area (Å²) < 4.78 is 4.86. The molecule has 1 aromatic heterocycles. The predicted octanol–water partition coefficient (Wildman–Crippen LogP) is 1.57. The van der Waals surface area contributed by atoms with Crippen molar-refractivity contribution < 1.29 is 9.32 Å². The van der Waals surface area contributed by atoms with E-state index in [9.17, 15) is 4.79 Å². The van der Waals surface area contributed by atoms with E-state index >= 15 is 0 Å².